The van der Waals surface area contributed by atoms with Gasteiger partial charge in [-0.05, 0) is 36.5 Å². The summed E-state index contributed by atoms with van der Waals surface area (Å²) in [4.78, 5) is 0. The summed E-state index contributed by atoms with van der Waals surface area (Å²) in [5.41, 5.74) is 1.47. The van der Waals surface area contributed by atoms with E-state index in [0.717, 1.165) is 10.8 Å². The molecule has 0 unspecified atom stereocenters. The first kappa shape index (κ1) is 23.1. The van der Waals surface area contributed by atoms with Gasteiger partial charge in [0.25, 0.3) is 0 Å². The lowest BCUT2D eigenvalue weighted by Gasteiger charge is -2.33. The third kappa shape index (κ3) is 21.3. The molecule has 0 aromatic carbocycles. The lowest BCUT2D eigenvalue weighted by Crippen LogP contribution is -2.20. The van der Waals surface area contributed by atoms with Gasteiger partial charge in [-0.2, -0.15) is 0 Å². The molecule has 2 fully saturated rings. The zero-order valence-electron chi connectivity index (χ0n) is 15.2. The van der Waals surface area contributed by atoms with Crippen molar-refractivity contribution >= 4 is 0 Å². The van der Waals surface area contributed by atoms with E-state index in [9.17, 15) is 0 Å². The molecule has 0 heteroatoms. The minimum absolute atomic E-state index is 0.722. The second-order valence-electron chi connectivity index (χ2n) is 6.39. The predicted molar refractivity (Wildman–Crippen MR) is 89.3 cm³/mol. The SMILES string of the molecule is CC.CC.CC1(C)CC1.CC1(C)CCC1.CCC. The van der Waals surface area contributed by atoms with Crippen LogP contribution in [0.2, 0.25) is 0 Å². The highest BCUT2D eigenvalue weighted by Gasteiger charge is 2.30. The van der Waals surface area contributed by atoms with E-state index in [1.165, 1.54) is 38.5 Å². The molecule has 0 spiro atoms. The number of hydrogen-bond donors (Lipinski definition) is 0. The van der Waals surface area contributed by atoms with Crippen molar-refractivity contribution in [1.29, 1.82) is 0 Å². The quantitative estimate of drug-likeness (QED) is 0.422. The first-order valence-corrected chi connectivity index (χ1v) is 8.33. The van der Waals surface area contributed by atoms with Crippen LogP contribution < -0.4 is 0 Å². The van der Waals surface area contributed by atoms with Gasteiger partial charge in [0.1, 0.15) is 0 Å². The Bertz CT molecular complexity index is 130. The summed E-state index contributed by atoms with van der Waals surface area (Å²) in [6.07, 6.45) is 8.52. The number of rotatable bonds is 0. The molecule has 0 heterocycles. The Morgan fingerprint density at radius 2 is 0.722 bits per heavy atom. The van der Waals surface area contributed by atoms with Crippen molar-refractivity contribution in [3.05, 3.63) is 0 Å². The Morgan fingerprint density at radius 1 is 0.611 bits per heavy atom. The van der Waals surface area contributed by atoms with Gasteiger partial charge >= 0.3 is 0 Å². The Labute approximate surface area is 119 Å². The lowest BCUT2D eigenvalue weighted by atomic mass is 9.72. The Hall–Kier alpha value is 0. The average molecular weight is 259 g/mol. The van der Waals surface area contributed by atoms with Crippen LogP contribution in [0.4, 0.5) is 0 Å². The molecule has 0 atom stereocenters. The van der Waals surface area contributed by atoms with Crippen LogP contribution in [0, 0.1) is 10.8 Å². The van der Waals surface area contributed by atoms with Crippen LogP contribution in [0.15, 0.2) is 0 Å². The zero-order chi connectivity index (χ0) is 15.2. The monoisotopic (exact) mass is 258 g/mol. The van der Waals surface area contributed by atoms with Crippen LogP contribution >= 0.6 is 0 Å². The van der Waals surface area contributed by atoms with E-state index >= 15 is 0 Å². The van der Waals surface area contributed by atoms with Gasteiger partial charge in [-0.1, -0.05) is 82.1 Å². The summed E-state index contributed by atoms with van der Waals surface area (Å²) >= 11 is 0. The Kier molecular flexibility index (Phi) is 17.3. The largest absolute Gasteiger partial charge is 0.0683 e. The molecule has 0 N–H and O–H groups in total. The van der Waals surface area contributed by atoms with Gasteiger partial charge in [0.15, 0.2) is 0 Å². The standard InChI is InChI=1S/C6H12.C5H10.C3H8.2C2H6/c1-6(2)4-3-5-6;1-5(2)3-4-5;1-3-2;2*1-2/h3-5H2,1-2H3;3-4H2,1-2H3;3H2,1-2H3;2*1-2H3. The Balaban J connectivity index is -0.000000171. The van der Waals surface area contributed by atoms with Crippen LogP contribution in [0.3, 0.4) is 0 Å². The van der Waals surface area contributed by atoms with Gasteiger partial charge in [-0.25, -0.2) is 0 Å². The van der Waals surface area contributed by atoms with Crippen molar-refractivity contribution in [2.45, 2.75) is 108 Å². The molecule has 0 radical (unpaired) electrons. The third-order valence-electron chi connectivity index (χ3n) is 2.96. The summed E-state index contributed by atoms with van der Waals surface area (Å²) in [5, 5.41) is 0. The van der Waals surface area contributed by atoms with Crippen molar-refractivity contribution < 1.29 is 0 Å². The summed E-state index contributed by atoms with van der Waals surface area (Å²) in [6, 6.07) is 0. The first-order chi connectivity index (χ1) is 8.33. The normalized spacial score (nSPS) is 19.7. The van der Waals surface area contributed by atoms with Gasteiger partial charge in [-0.15, -0.1) is 0 Å². The fourth-order valence-electron chi connectivity index (χ4n) is 1.13. The molecule has 114 valence electrons. The first-order valence-electron chi connectivity index (χ1n) is 8.33. The molecule has 0 aromatic heterocycles. The molecule has 0 nitrogen and oxygen atoms in total. The Morgan fingerprint density at radius 3 is 0.722 bits per heavy atom. The van der Waals surface area contributed by atoms with Gasteiger partial charge in [-0.3, -0.25) is 0 Å². The summed E-state index contributed by atoms with van der Waals surface area (Å²) < 4.78 is 0. The van der Waals surface area contributed by atoms with Crippen molar-refractivity contribution in [1.82, 2.24) is 0 Å². The molecule has 18 heavy (non-hydrogen) atoms. The smallest absolute Gasteiger partial charge is 0.0354 e. The molecule has 2 aliphatic rings. The van der Waals surface area contributed by atoms with E-state index < -0.39 is 0 Å². The maximum absolute atomic E-state index is 2.33. The molecule has 0 saturated heterocycles. The molecule has 2 saturated carbocycles. The van der Waals surface area contributed by atoms with Gasteiger partial charge in [0.2, 0.25) is 0 Å². The second kappa shape index (κ2) is 13.4. The molecular weight excluding hydrogens is 216 g/mol. The molecule has 2 rings (SSSR count). The van der Waals surface area contributed by atoms with Crippen molar-refractivity contribution in [2.24, 2.45) is 10.8 Å². The summed E-state index contributed by atoms with van der Waals surface area (Å²) in [7, 11) is 0. The van der Waals surface area contributed by atoms with Crippen LogP contribution in [0.1, 0.15) is 108 Å². The van der Waals surface area contributed by atoms with Crippen LogP contribution in [-0.4, -0.2) is 0 Å². The molecule has 2 aliphatic carbocycles. The van der Waals surface area contributed by atoms with Gasteiger partial charge < -0.3 is 0 Å². The van der Waals surface area contributed by atoms with E-state index in [1.807, 2.05) is 27.7 Å². The minimum Gasteiger partial charge on any atom is -0.0683 e. The minimum atomic E-state index is 0.722. The molecule has 0 aliphatic heterocycles. The van der Waals surface area contributed by atoms with E-state index in [1.54, 1.807) is 0 Å². The summed E-state index contributed by atoms with van der Waals surface area (Å²) in [6.45, 7) is 21.5. The maximum Gasteiger partial charge on any atom is -0.0354 e. The molecule has 0 aromatic rings. The van der Waals surface area contributed by atoms with Crippen molar-refractivity contribution in [3.8, 4) is 0 Å². The highest BCUT2D eigenvalue weighted by molar-refractivity contribution is 4.82. The molecule has 0 bridgehead atoms. The van der Waals surface area contributed by atoms with Crippen LogP contribution in [-0.2, 0) is 0 Å². The van der Waals surface area contributed by atoms with E-state index in [0.29, 0.717) is 0 Å². The highest BCUT2D eigenvalue weighted by atomic mass is 14.4. The topological polar surface area (TPSA) is 0 Å². The second-order valence-corrected chi connectivity index (χ2v) is 6.39. The highest BCUT2D eigenvalue weighted by Crippen LogP contribution is 2.43. The maximum atomic E-state index is 2.33. The lowest BCUT2D eigenvalue weighted by molar-refractivity contribution is 0.190. The van der Waals surface area contributed by atoms with Gasteiger partial charge in [0, 0.05) is 0 Å². The van der Waals surface area contributed by atoms with Gasteiger partial charge in [0.05, 0.1) is 0 Å². The summed E-state index contributed by atoms with van der Waals surface area (Å²) in [5.74, 6) is 0. The van der Waals surface area contributed by atoms with Crippen LogP contribution in [0.5, 0.6) is 0 Å². The average Bonchev–Trinajstić information content (AvgIpc) is 3.00. The third-order valence-corrected chi connectivity index (χ3v) is 2.96. The number of hydrogen-bond acceptors (Lipinski definition) is 0. The van der Waals surface area contributed by atoms with Crippen LogP contribution in [0.25, 0.3) is 0 Å². The van der Waals surface area contributed by atoms with Crippen molar-refractivity contribution in [2.75, 3.05) is 0 Å². The molecular formula is C18H42. The van der Waals surface area contributed by atoms with E-state index in [4.69, 9.17) is 0 Å². The van der Waals surface area contributed by atoms with Crippen molar-refractivity contribution in [3.63, 3.8) is 0 Å². The fraction of sp³-hybridized carbons (Fsp3) is 1.00. The van der Waals surface area contributed by atoms with E-state index in [-0.39, 0.29) is 0 Å². The zero-order valence-corrected chi connectivity index (χ0v) is 15.2. The fourth-order valence-corrected chi connectivity index (χ4v) is 1.13. The predicted octanol–water partition coefficient (Wildman–Crippen LogP) is 7.47. The molecule has 0 amide bonds. The van der Waals surface area contributed by atoms with E-state index in [2.05, 4.69) is 41.5 Å².